The molecule has 14 heavy (non-hydrogen) atoms. The topological polar surface area (TPSA) is 21.3 Å². The summed E-state index contributed by atoms with van der Waals surface area (Å²) in [5.41, 5.74) is 2.41. The minimum Gasteiger partial charge on any atom is -0.368 e. The van der Waals surface area contributed by atoms with Gasteiger partial charge < -0.3 is 10.1 Å². The molecule has 1 aliphatic rings. The van der Waals surface area contributed by atoms with Crippen molar-refractivity contribution in [2.45, 2.75) is 19.4 Å². The summed E-state index contributed by atoms with van der Waals surface area (Å²) in [6.07, 6.45) is 0. The SMILES string of the molecule is Cc1cccc([C@]2(C)CNCCO2)c1. The number of ether oxygens (including phenoxy) is 1. The summed E-state index contributed by atoms with van der Waals surface area (Å²) in [5.74, 6) is 0. The Morgan fingerprint density at radius 1 is 1.43 bits per heavy atom. The Morgan fingerprint density at radius 3 is 2.93 bits per heavy atom. The van der Waals surface area contributed by atoms with Gasteiger partial charge >= 0.3 is 0 Å². The lowest BCUT2D eigenvalue weighted by atomic mass is 9.93. The molecule has 0 bridgehead atoms. The lowest BCUT2D eigenvalue weighted by Crippen LogP contribution is -2.45. The molecule has 0 radical (unpaired) electrons. The fourth-order valence-corrected chi connectivity index (χ4v) is 1.89. The summed E-state index contributed by atoms with van der Waals surface area (Å²) >= 11 is 0. The minimum atomic E-state index is -0.149. The molecule has 1 saturated heterocycles. The van der Waals surface area contributed by atoms with E-state index in [1.165, 1.54) is 11.1 Å². The predicted molar refractivity (Wildman–Crippen MR) is 57.4 cm³/mol. The maximum Gasteiger partial charge on any atom is 0.103 e. The average Bonchev–Trinajstić information content (AvgIpc) is 2.19. The highest BCUT2D eigenvalue weighted by Crippen LogP contribution is 2.26. The maximum absolute atomic E-state index is 5.84. The van der Waals surface area contributed by atoms with Crippen LogP contribution < -0.4 is 5.32 Å². The molecule has 1 atom stereocenters. The van der Waals surface area contributed by atoms with E-state index in [4.69, 9.17) is 4.74 Å². The van der Waals surface area contributed by atoms with Gasteiger partial charge in [-0.1, -0.05) is 29.8 Å². The highest BCUT2D eigenvalue weighted by Gasteiger charge is 2.29. The summed E-state index contributed by atoms with van der Waals surface area (Å²) in [6.45, 7) is 6.92. The summed E-state index contributed by atoms with van der Waals surface area (Å²) in [5, 5.41) is 3.37. The number of hydrogen-bond acceptors (Lipinski definition) is 2. The fourth-order valence-electron chi connectivity index (χ4n) is 1.89. The van der Waals surface area contributed by atoms with E-state index >= 15 is 0 Å². The lowest BCUT2D eigenvalue weighted by Gasteiger charge is -2.35. The molecule has 0 aliphatic carbocycles. The van der Waals surface area contributed by atoms with Crippen LogP contribution in [0, 0.1) is 6.92 Å². The smallest absolute Gasteiger partial charge is 0.103 e. The first-order chi connectivity index (χ1) is 6.71. The molecule has 0 amide bonds. The normalized spacial score (nSPS) is 27.6. The van der Waals surface area contributed by atoms with Crippen molar-refractivity contribution < 1.29 is 4.74 Å². The van der Waals surface area contributed by atoms with Crippen LogP contribution in [0.2, 0.25) is 0 Å². The van der Waals surface area contributed by atoms with E-state index in [-0.39, 0.29) is 5.60 Å². The summed E-state index contributed by atoms with van der Waals surface area (Å²) in [6, 6.07) is 8.55. The monoisotopic (exact) mass is 191 g/mol. The maximum atomic E-state index is 5.84. The number of morpholine rings is 1. The number of hydrogen-bond donors (Lipinski definition) is 1. The summed E-state index contributed by atoms with van der Waals surface area (Å²) < 4.78 is 5.84. The quantitative estimate of drug-likeness (QED) is 0.731. The molecule has 1 fully saturated rings. The Kier molecular flexibility index (Phi) is 2.57. The molecular weight excluding hydrogens is 174 g/mol. The van der Waals surface area contributed by atoms with Gasteiger partial charge in [-0.2, -0.15) is 0 Å². The molecule has 1 heterocycles. The average molecular weight is 191 g/mol. The summed E-state index contributed by atoms with van der Waals surface area (Å²) in [7, 11) is 0. The van der Waals surface area contributed by atoms with Crippen molar-refractivity contribution in [2.24, 2.45) is 0 Å². The van der Waals surface area contributed by atoms with E-state index in [1.54, 1.807) is 0 Å². The van der Waals surface area contributed by atoms with Crippen molar-refractivity contribution in [1.29, 1.82) is 0 Å². The van der Waals surface area contributed by atoms with Crippen molar-refractivity contribution in [3.05, 3.63) is 35.4 Å². The van der Waals surface area contributed by atoms with E-state index in [9.17, 15) is 0 Å². The number of benzene rings is 1. The first-order valence-electron chi connectivity index (χ1n) is 5.12. The molecule has 1 aromatic rings. The molecule has 0 unspecified atom stereocenters. The standard InChI is InChI=1S/C12H17NO/c1-10-4-3-5-11(8-10)12(2)9-13-6-7-14-12/h3-5,8,13H,6-7,9H2,1-2H3/t12-/m0/s1. The third-order valence-electron chi connectivity index (χ3n) is 2.79. The molecule has 2 heteroatoms. The lowest BCUT2D eigenvalue weighted by molar-refractivity contribution is -0.0572. The van der Waals surface area contributed by atoms with Gasteiger partial charge in [0.2, 0.25) is 0 Å². The highest BCUT2D eigenvalue weighted by atomic mass is 16.5. The minimum absolute atomic E-state index is 0.149. The zero-order valence-corrected chi connectivity index (χ0v) is 8.84. The van der Waals surface area contributed by atoms with Crippen LogP contribution in [0.15, 0.2) is 24.3 Å². The molecule has 1 aliphatic heterocycles. The van der Waals surface area contributed by atoms with Crippen LogP contribution >= 0.6 is 0 Å². The van der Waals surface area contributed by atoms with E-state index < -0.39 is 0 Å². The molecule has 2 nitrogen and oxygen atoms in total. The fraction of sp³-hybridized carbons (Fsp3) is 0.500. The zero-order valence-electron chi connectivity index (χ0n) is 8.84. The first kappa shape index (κ1) is 9.69. The zero-order chi connectivity index (χ0) is 10.0. The molecule has 0 aromatic heterocycles. The molecule has 1 N–H and O–H groups in total. The second kappa shape index (κ2) is 3.71. The second-order valence-electron chi connectivity index (χ2n) is 4.13. The molecule has 0 saturated carbocycles. The van der Waals surface area contributed by atoms with Crippen LogP contribution in [0.3, 0.4) is 0 Å². The Bertz CT molecular complexity index is 316. The van der Waals surface area contributed by atoms with Gasteiger partial charge in [-0.15, -0.1) is 0 Å². The van der Waals surface area contributed by atoms with E-state index in [2.05, 4.69) is 43.4 Å². The van der Waals surface area contributed by atoms with Crippen LogP contribution in [0.25, 0.3) is 0 Å². The van der Waals surface area contributed by atoms with Gasteiger partial charge in [0, 0.05) is 13.1 Å². The predicted octanol–water partition coefficient (Wildman–Crippen LogP) is 1.83. The van der Waals surface area contributed by atoms with Crippen LogP contribution in [0.5, 0.6) is 0 Å². The van der Waals surface area contributed by atoms with E-state index in [0.717, 1.165) is 19.7 Å². The molecular formula is C12H17NO. The van der Waals surface area contributed by atoms with Crippen molar-refractivity contribution in [1.82, 2.24) is 5.32 Å². The van der Waals surface area contributed by atoms with Crippen molar-refractivity contribution in [3.63, 3.8) is 0 Å². The van der Waals surface area contributed by atoms with Gasteiger partial charge in [-0.05, 0) is 19.4 Å². The third-order valence-corrected chi connectivity index (χ3v) is 2.79. The molecule has 0 spiro atoms. The van der Waals surface area contributed by atoms with Gasteiger partial charge in [0.25, 0.3) is 0 Å². The Balaban J connectivity index is 2.28. The van der Waals surface area contributed by atoms with Gasteiger partial charge in [-0.3, -0.25) is 0 Å². The molecule has 1 aromatic carbocycles. The third kappa shape index (κ3) is 1.81. The van der Waals surface area contributed by atoms with Gasteiger partial charge in [0.05, 0.1) is 6.61 Å². The van der Waals surface area contributed by atoms with Crippen LogP contribution in [0.4, 0.5) is 0 Å². The second-order valence-corrected chi connectivity index (χ2v) is 4.13. The number of rotatable bonds is 1. The summed E-state index contributed by atoms with van der Waals surface area (Å²) in [4.78, 5) is 0. The van der Waals surface area contributed by atoms with E-state index in [1.807, 2.05) is 0 Å². The largest absolute Gasteiger partial charge is 0.368 e. The van der Waals surface area contributed by atoms with Gasteiger partial charge in [-0.25, -0.2) is 0 Å². The van der Waals surface area contributed by atoms with Gasteiger partial charge in [0.1, 0.15) is 5.60 Å². The number of nitrogens with one attached hydrogen (secondary N) is 1. The molecule has 2 rings (SSSR count). The Labute approximate surface area is 85.3 Å². The van der Waals surface area contributed by atoms with Gasteiger partial charge in [0.15, 0.2) is 0 Å². The van der Waals surface area contributed by atoms with Crippen molar-refractivity contribution >= 4 is 0 Å². The van der Waals surface area contributed by atoms with E-state index in [0.29, 0.717) is 0 Å². The van der Waals surface area contributed by atoms with Crippen LogP contribution in [-0.2, 0) is 10.3 Å². The Morgan fingerprint density at radius 2 is 2.29 bits per heavy atom. The van der Waals surface area contributed by atoms with Crippen molar-refractivity contribution in [3.8, 4) is 0 Å². The Hall–Kier alpha value is -0.860. The van der Waals surface area contributed by atoms with Crippen LogP contribution in [0.1, 0.15) is 18.1 Å². The number of aryl methyl sites for hydroxylation is 1. The van der Waals surface area contributed by atoms with Crippen molar-refractivity contribution in [2.75, 3.05) is 19.7 Å². The molecule has 76 valence electrons. The van der Waals surface area contributed by atoms with Crippen LogP contribution in [-0.4, -0.2) is 19.7 Å². The highest BCUT2D eigenvalue weighted by molar-refractivity contribution is 5.27. The first-order valence-corrected chi connectivity index (χ1v) is 5.12.